The first kappa shape index (κ1) is 16.2. The van der Waals surface area contributed by atoms with Crippen LogP contribution in [0.15, 0.2) is 17.6 Å². The normalized spacial score (nSPS) is 24.0. The zero-order valence-corrected chi connectivity index (χ0v) is 15.5. The zero-order valence-electron chi connectivity index (χ0n) is 13.9. The summed E-state index contributed by atoms with van der Waals surface area (Å²) in [6.07, 6.45) is 9.73. The highest BCUT2D eigenvalue weighted by Crippen LogP contribution is 2.44. The summed E-state index contributed by atoms with van der Waals surface area (Å²) in [4.78, 5) is 17.8. The quantitative estimate of drug-likeness (QED) is 0.822. The van der Waals surface area contributed by atoms with Crippen molar-refractivity contribution in [1.82, 2.24) is 10.3 Å². The summed E-state index contributed by atoms with van der Waals surface area (Å²) in [7, 11) is 0. The number of nitrogens with zero attached hydrogens (tertiary/aromatic N) is 1. The molecule has 6 heteroatoms. The predicted molar refractivity (Wildman–Crippen MR) is 100 cm³/mol. The molecule has 24 heavy (non-hydrogen) atoms. The van der Waals surface area contributed by atoms with Crippen LogP contribution in [0.4, 0.5) is 5.00 Å². The molecule has 0 aromatic carbocycles. The largest absolute Gasteiger partial charge is 0.312 e. The minimum absolute atomic E-state index is 0.0291. The summed E-state index contributed by atoms with van der Waals surface area (Å²) in [5, 5.41) is 10.5. The van der Waals surface area contributed by atoms with Gasteiger partial charge in [-0.1, -0.05) is 19.3 Å². The van der Waals surface area contributed by atoms with Gasteiger partial charge in [-0.3, -0.25) is 4.79 Å². The summed E-state index contributed by atoms with van der Waals surface area (Å²) in [6, 6.07) is 3.40. The fourth-order valence-corrected chi connectivity index (χ4v) is 5.28. The minimum atomic E-state index is -0.0291. The fourth-order valence-electron chi connectivity index (χ4n) is 3.54. The van der Waals surface area contributed by atoms with Crippen molar-refractivity contribution in [2.45, 2.75) is 63.5 Å². The molecule has 2 aliphatic carbocycles. The van der Waals surface area contributed by atoms with Gasteiger partial charge in [0.15, 0.2) is 0 Å². The molecule has 1 amide bonds. The van der Waals surface area contributed by atoms with Gasteiger partial charge in [-0.05, 0) is 32.3 Å². The maximum atomic E-state index is 12.3. The van der Waals surface area contributed by atoms with Crippen LogP contribution in [0.2, 0.25) is 0 Å². The van der Waals surface area contributed by atoms with E-state index in [-0.39, 0.29) is 5.91 Å². The minimum Gasteiger partial charge on any atom is -0.312 e. The molecular weight excluding hydrogens is 338 g/mol. The molecule has 2 fully saturated rings. The van der Waals surface area contributed by atoms with Crippen LogP contribution < -0.4 is 10.6 Å². The number of thiazole rings is 1. The van der Waals surface area contributed by atoms with Crippen LogP contribution in [0, 0.1) is 6.92 Å². The van der Waals surface area contributed by atoms with Gasteiger partial charge in [-0.15, -0.1) is 22.7 Å². The second kappa shape index (κ2) is 6.94. The standard InChI is InChI=1S/C18H23N3OS2/c1-11-19-9-17(24-11)21-18(22)12-7-16(23-10-12)14-8-15(14)20-13-5-3-2-4-6-13/h7,9-10,13-15,20H,2-6,8H2,1H3,(H,21,22)/t14-,15-/m1/s1. The molecule has 0 bridgehead atoms. The van der Waals surface area contributed by atoms with E-state index < -0.39 is 0 Å². The van der Waals surface area contributed by atoms with Gasteiger partial charge in [-0.25, -0.2) is 4.98 Å². The van der Waals surface area contributed by atoms with Crippen molar-refractivity contribution in [3.63, 3.8) is 0 Å². The fraction of sp³-hybridized carbons (Fsp3) is 0.556. The Morgan fingerprint density at radius 2 is 2.12 bits per heavy atom. The first-order valence-corrected chi connectivity index (χ1v) is 10.5. The Morgan fingerprint density at radius 3 is 2.88 bits per heavy atom. The highest BCUT2D eigenvalue weighted by molar-refractivity contribution is 7.15. The Kier molecular flexibility index (Phi) is 4.70. The molecule has 2 N–H and O–H groups in total. The van der Waals surface area contributed by atoms with Crippen molar-refractivity contribution in [3.05, 3.63) is 33.1 Å². The highest BCUT2D eigenvalue weighted by Gasteiger charge is 2.40. The Balaban J connectivity index is 1.32. The number of hydrogen-bond acceptors (Lipinski definition) is 5. The van der Waals surface area contributed by atoms with Crippen LogP contribution in [0.5, 0.6) is 0 Å². The molecule has 0 radical (unpaired) electrons. The SMILES string of the molecule is Cc1ncc(NC(=O)c2csc([C@@H]3C[C@H]3NC3CCCCC3)c2)s1. The number of anilines is 1. The van der Waals surface area contributed by atoms with E-state index in [1.165, 1.54) is 54.7 Å². The number of carbonyl (C=O) groups is 1. The van der Waals surface area contributed by atoms with Crippen molar-refractivity contribution < 1.29 is 4.79 Å². The molecule has 0 saturated heterocycles. The van der Waals surface area contributed by atoms with E-state index in [1.807, 2.05) is 12.3 Å². The van der Waals surface area contributed by atoms with Gasteiger partial charge in [0.2, 0.25) is 0 Å². The van der Waals surface area contributed by atoms with E-state index in [1.54, 1.807) is 17.5 Å². The van der Waals surface area contributed by atoms with Crippen LogP contribution in [0.25, 0.3) is 0 Å². The second-order valence-corrected chi connectivity index (χ2v) is 9.06. The molecule has 0 spiro atoms. The van der Waals surface area contributed by atoms with Gasteiger partial charge in [0.25, 0.3) is 5.91 Å². The third kappa shape index (κ3) is 3.71. The Labute approximate surface area is 150 Å². The lowest BCUT2D eigenvalue weighted by atomic mass is 9.95. The zero-order chi connectivity index (χ0) is 16.5. The molecule has 0 aliphatic heterocycles. The van der Waals surface area contributed by atoms with Crippen LogP contribution in [-0.2, 0) is 0 Å². The summed E-state index contributed by atoms with van der Waals surface area (Å²) in [6.45, 7) is 1.94. The van der Waals surface area contributed by atoms with Crippen LogP contribution in [0.3, 0.4) is 0 Å². The van der Waals surface area contributed by atoms with Crippen molar-refractivity contribution >= 4 is 33.6 Å². The maximum absolute atomic E-state index is 12.3. The van der Waals surface area contributed by atoms with Crippen molar-refractivity contribution in [3.8, 4) is 0 Å². The number of rotatable bonds is 5. The molecule has 4 rings (SSSR count). The first-order valence-electron chi connectivity index (χ1n) is 8.77. The number of nitrogens with one attached hydrogen (secondary N) is 2. The first-order chi connectivity index (χ1) is 11.7. The topological polar surface area (TPSA) is 54.0 Å². The lowest BCUT2D eigenvalue weighted by Crippen LogP contribution is -2.33. The van der Waals surface area contributed by atoms with Crippen molar-refractivity contribution in [1.29, 1.82) is 0 Å². The van der Waals surface area contributed by atoms with Crippen molar-refractivity contribution in [2.75, 3.05) is 5.32 Å². The van der Waals surface area contributed by atoms with E-state index in [9.17, 15) is 4.79 Å². The Hall–Kier alpha value is -1.24. The average Bonchev–Trinajstić information content (AvgIpc) is 2.97. The third-order valence-corrected chi connectivity index (χ3v) is 6.84. The molecule has 2 heterocycles. The number of carbonyl (C=O) groups excluding carboxylic acids is 1. The molecule has 0 unspecified atom stereocenters. The summed E-state index contributed by atoms with van der Waals surface area (Å²) in [5.74, 6) is 0.572. The second-order valence-electron chi connectivity index (χ2n) is 6.89. The van der Waals surface area contributed by atoms with E-state index in [0.29, 0.717) is 18.0 Å². The lowest BCUT2D eigenvalue weighted by Gasteiger charge is -2.22. The van der Waals surface area contributed by atoms with E-state index >= 15 is 0 Å². The maximum Gasteiger partial charge on any atom is 0.257 e. The van der Waals surface area contributed by atoms with Gasteiger partial charge >= 0.3 is 0 Å². The Morgan fingerprint density at radius 1 is 1.29 bits per heavy atom. The number of amides is 1. The van der Waals surface area contributed by atoms with Gasteiger partial charge in [0.05, 0.1) is 16.8 Å². The van der Waals surface area contributed by atoms with Crippen LogP contribution in [0.1, 0.15) is 64.7 Å². The molecular formula is C18H23N3OS2. The molecule has 2 atom stereocenters. The van der Waals surface area contributed by atoms with Gasteiger partial charge < -0.3 is 10.6 Å². The highest BCUT2D eigenvalue weighted by atomic mass is 32.1. The predicted octanol–water partition coefficient (Wildman–Crippen LogP) is 4.54. The van der Waals surface area contributed by atoms with Gasteiger partial charge in [0.1, 0.15) is 5.00 Å². The molecule has 2 aromatic heterocycles. The number of aromatic nitrogens is 1. The average molecular weight is 362 g/mol. The molecule has 2 saturated carbocycles. The molecule has 2 aromatic rings. The smallest absolute Gasteiger partial charge is 0.257 e. The molecule has 2 aliphatic rings. The number of hydrogen-bond donors (Lipinski definition) is 2. The van der Waals surface area contributed by atoms with Gasteiger partial charge in [0, 0.05) is 28.3 Å². The lowest BCUT2D eigenvalue weighted by molar-refractivity contribution is 0.102. The van der Waals surface area contributed by atoms with E-state index in [4.69, 9.17) is 0 Å². The monoisotopic (exact) mass is 361 g/mol. The summed E-state index contributed by atoms with van der Waals surface area (Å²) < 4.78 is 0. The third-order valence-electron chi connectivity index (χ3n) is 4.95. The van der Waals surface area contributed by atoms with Crippen molar-refractivity contribution in [2.24, 2.45) is 0 Å². The number of aryl methyl sites for hydroxylation is 1. The van der Waals surface area contributed by atoms with Crippen LogP contribution in [-0.4, -0.2) is 23.0 Å². The number of thiophene rings is 1. The summed E-state index contributed by atoms with van der Waals surface area (Å²) in [5.41, 5.74) is 0.768. The van der Waals surface area contributed by atoms with Crippen LogP contribution >= 0.6 is 22.7 Å². The van der Waals surface area contributed by atoms with E-state index in [2.05, 4.69) is 21.7 Å². The van der Waals surface area contributed by atoms with E-state index in [0.717, 1.165) is 15.6 Å². The Bertz CT molecular complexity index is 717. The summed E-state index contributed by atoms with van der Waals surface area (Å²) >= 11 is 3.22. The molecule has 128 valence electrons. The molecule has 4 nitrogen and oxygen atoms in total. The van der Waals surface area contributed by atoms with Gasteiger partial charge in [-0.2, -0.15) is 0 Å².